The standard InChI is InChI=1S/C22H27N3O6S/c1-3-5-19(26)24-11-13-25(14-12-24)22(28)21(23-20(27)18-6-4-15-31-18)32(29,30)17-9-7-16(2)8-10-17/h4,6-10,15,21H,3,5,11-14H2,1-2H3,(H,23,27)/t21-/m1/s1. The largest absolute Gasteiger partial charge is 0.459 e. The number of sulfone groups is 1. The summed E-state index contributed by atoms with van der Waals surface area (Å²) in [6, 6.07) is 8.94. The first-order valence-corrected chi connectivity index (χ1v) is 12.0. The Labute approximate surface area is 187 Å². The molecule has 0 saturated carbocycles. The quantitative estimate of drug-likeness (QED) is 0.669. The van der Waals surface area contributed by atoms with Crippen molar-refractivity contribution in [3.05, 3.63) is 54.0 Å². The van der Waals surface area contributed by atoms with Gasteiger partial charge in [-0.25, -0.2) is 8.42 Å². The van der Waals surface area contributed by atoms with E-state index in [1.165, 1.54) is 35.4 Å². The molecule has 172 valence electrons. The lowest BCUT2D eigenvalue weighted by Gasteiger charge is -2.36. The number of hydrogen-bond donors (Lipinski definition) is 1. The van der Waals surface area contributed by atoms with E-state index in [9.17, 15) is 22.8 Å². The molecule has 10 heteroatoms. The third-order valence-corrected chi connectivity index (χ3v) is 7.17. The molecule has 1 atom stereocenters. The number of piperazine rings is 1. The highest BCUT2D eigenvalue weighted by molar-refractivity contribution is 7.92. The Hall–Kier alpha value is -3.14. The molecule has 2 heterocycles. The fraction of sp³-hybridized carbons (Fsp3) is 0.409. The average Bonchev–Trinajstić information content (AvgIpc) is 3.32. The fourth-order valence-corrected chi connectivity index (χ4v) is 4.91. The van der Waals surface area contributed by atoms with E-state index in [2.05, 4.69) is 5.32 Å². The molecule has 1 saturated heterocycles. The van der Waals surface area contributed by atoms with Crippen molar-refractivity contribution in [2.75, 3.05) is 26.2 Å². The van der Waals surface area contributed by atoms with Crippen molar-refractivity contribution in [3.63, 3.8) is 0 Å². The van der Waals surface area contributed by atoms with Gasteiger partial charge in [0.05, 0.1) is 11.2 Å². The van der Waals surface area contributed by atoms with Gasteiger partial charge in [0.1, 0.15) is 0 Å². The van der Waals surface area contributed by atoms with Crippen LogP contribution in [0.1, 0.15) is 35.9 Å². The summed E-state index contributed by atoms with van der Waals surface area (Å²) < 4.78 is 31.7. The highest BCUT2D eigenvalue weighted by Crippen LogP contribution is 2.19. The molecule has 1 aromatic heterocycles. The van der Waals surface area contributed by atoms with Gasteiger partial charge in [-0.3, -0.25) is 14.4 Å². The zero-order valence-electron chi connectivity index (χ0n) is 18.1. The van der Waals surface area contributed by atoms with Crippen molar-refractivity contribution < 1.29 is 27.2 Å². The Morgan fingerprint density at radius 1 is 1.03 bits per heavy atom. The van der Waals surface area contributed by atoms with Gasteiger partial charge in [-0.2, -0.15) is 0 Å². The Morgan fingerprint density at radius 3 is 2.22 bits per heavy atom. The lowest BCUT2D eigenvalue weighted by molar-refractivity contribution is -0.139. The number of carbonyl (C=O) groups excluding carboxylic acids is 3. The van der Waals surface area contributed by atoms with Crippen molar-refractivity contribution in [2.24, 2.45) is 0 Å². The minimum absolute atomic E-state index is 0.00884. The third kappa shape index (κ3) is 5.18. The first-order valence-electron chi connectivity index (χ1n) is 10.5. The van der Waals surface area contributed by atoms with Crippen molar-refractivity contribution >= 4 is 27.6 Å². The Bertz CT molecular complexity index is 1060. The van der Waals surface area contributed by atoms with Crippen LogP contribution < -0.4 is 5.32 Å². The summed E-state index contributed by atoms with van der Waals surface area (Å²) in [5.74, 6) is -1.64. The summed E-state index contributed by atoms with van der Waals surface area (Å²) in [7, 11) is -4.24. The van der Waals surface area contributed by atoms with Gasteiger partial charge in [-0.1, -0.05) is 24.6 Å². The molecule has 0 unspecified atom stereocenters. The van der Waals surface area contributed by atoms with E-state index in [1.807, 2.05) is 13.8 Å². The van der Waals surface area contributed by atoms with Gasteiger partial charge in [0.2, 0.25) is 21.1 Å². The molecule has 0 spiro atoms. The van der Waals surface area contributed by atoms with Crippen LogP contribution in [0.15, 0.2) is 52.0 Å². The van der Waals surface area contributed by atoms with E-state index in [1.54, 1.807) is 17.0 Å². The van der Waals surface area contributed by atoms with E-state index >= 15 is 0 Å². The number of amides is 3. The smallest absolute Gasteiger partial charge is 0.288 e. The molecule has 0 radical (unpaired) electrons. The number of furan rings is 1. The lowest BCUT2D eigenvalue weighted by atomic mass is 10.2. The molecule has 9 nitrogen and oxygen atoms in total. The van der Waals surface area contributed by atoms with Crippen molar-refractivity contribution in [1.82, 2.24) is 15.1 Å². The normalized spacial score (nSPS) is 15.3. The van der Waals surface area contributed by atoms with Crippen molar-refractivity contribution in [3.8, 4) is 0 Å². The molecule has 1 aliphatic heterocycles. The molecule has 1 fully saturated rings. The first kappa shape index (κ1) is 23.5. The molecular weight excluding hydrogens is 434 g/mol. The highest BCUT2D eigenvalue weighted by atomic mass is 32.2. The Kier molecular flexibility index (Phi) is 7.34. The fourth-order valence-electron chi connectivity index (χ4n) is 3.45. The van der Waals surface area contributed by atoms with Crippen LogP contribution in [0.2, 0.25) is 0 Å². The number of benzene rings is 1. The van der Waals surface area contributed by atoms with E-state index in [-0.39, 0.29) is 29.7 Å². The van der Waals surface area contributed by atoms with Crippen LogP contribution in [0.3, 0.4) is 0 Å². The first-order chi connectivity index (χ1) is 15.2. The summed E-state index contributed by atoms with van der Waals surface area (Å²) >= 11 is 0. The summed E-state index contributed by atoms with van der Waals surface area (Å²) in [5.41, 5.74) is 0.860. The highest BCUT2D eigenvalue weighted by Gasteiger charge is 2.39. The lowest BCUT2D eigenvalue weighted by Crippen LogP contribution is -2.57. The van der Waals surface area contributed by atoms with Gasteiger partial charge < -0.3 is 19.5 Å². The van der Waals surface area contributed by atoms with Crippen LogP contribution >= 0.6 is 0 Å². The van der Waals surface area contributed by atoms with Crippen molar-refractivity contribution in [2.45, 2.75) is 37.0 Å². The average molecular weight is 462 g/mol. The monoisotopic (exact) mass is 461 g/mol. The second-order valence-electron chi connectivity index (χ2n) is 7.64. The Balaban J connectivity index is 1.84. The molecule has 0 bridgehead atoms. The number of hydrogen-bond acceptors (Lipinski definition) is 6. The van der Waals surface area contributed by atoms with E-state index in [0.29, 0.717) is 19.5 Å². The molecule has 1 aliphatic rings. The molecule has 0 aliphatic carbocycles. The number of nitrogens with one attached hydrogen (secondary N) is 1. The van der Waals surface area contributed by atoms with E-state index in [4.69, 9.17) is 4.42 Å². The van der Waals surface area contributed by atoms with E-state index < -0.39 is 27.0 Å². The minimum Gasteiger partial charge on any atom is -0.459 e. The van der Waals surface area contributed by atoms with Crippen molar-refractivity contribution in [1.29, 1.82) is 0 Å². The number of rotatable bonds is 7. The van der Waals surface area contributed by atoms with Gasteiger partial charge in [0.25, 0.3) is 11.8 Å². The van der Waals surface area contributed by atoms with Crippen LogP contribution in [-0.4, -0.2) is 67.5 Å². The van der Waals surface area contributed by atoms with Crippen LogP contribution in [-0.2, 0) is 19.4 Å². The van der Waals surface area contributed by atoms with Gasteiger partial charge in [0.15, 0.2) is 5.76 Å². The maximum absolute atomic E-state index is 13.3. The van der Waals surface area contributed by atoms with Crippen LogP contribution in [0, 0.1) is 6.92 Å². The number of nitrogens with zero attached hydrogens (tertiary/aromatic N) is 2. The SMILES string of the molecule is CCCC(=O)N1CCN(C(=O)[C@H](NC(=O)c2ccco2)S(=O)(=O)c2ccc(C)cc2)CC1. The number of carbonyl (C=O) groups is 3. The molecule has 3 amide bonds. The second kappa shape index (κ2) is 9.99. The topological polar surface area (TPSA) is 117 Å². The molecule has 32 heavy (non-hydrogen) atoms. The van der Waals surface area contributed by atoms with E-state index in [0.717, 1.165) is 12.0 Å². The summed E-state index contributed by atoms with van der Waals surface area (Å²) in [6.45, 7) is 4.73. The minimum atomic E-state index is -4.24. The van der Waals surface area contributed by atoms with Crippen LogP contribution in [0.5, 0.6) is 0 Å². The summed E-state index contributed by atoms with van der Waals surface area (Å²) in [5, 5.41) is 0.513. The predicted molar refractivity (Wildman–Crippen MR) is 116 cm³/mol. The molecular formula is C22H27N3O6S. The van der Waals surface area contributed by atoms with Crippen LogP contribution in [0.25, 0.3) is 0 Å². The predicted octanol–water partition coefficient (Wildman–Crippen LogP) is 1.59. The van der Waals surface area contributed by atoms with Gasteiger partial charge >= 0.3 is 0 Å². The maximum Gasteiger partial charge on any atom is 0.288 e. The van der Waals surface area contributed by atoms with Gasteiger partial charge in [-0.15, -0.1) is 0 Å². The number of aryl methyl sites for hydroxylation is 1. The molecule has 1 aromatic carbocycles. The zero-order valence-corrected chi connectivity index (χ0v) is 18.9. The summed E-state index contributed by atoms with van der Waals surface area (Å²) in [6.07, 6.45) is 2.44. The van der Waals surface area contributed by atoms with Gasteiger partial charge in [0, 0.05) is 32.6 Å². The Morgan fingerprint density at radius 2 is 1.66 bits per heavy atom. The van der Waals surface area contributed by atoms with Gasteiger partial charge in [-0.05, 0) is 37.6 Å². The molecule has 1 N–H and O–H groups in total. The zero-order chi connectivity index (χ0) is 23.3. The third-order valence-electron chi connectivity index (χ3n) is 5.30. The maximum atomic E-state index is 13.3. The van der Waals surface area contributed by atoms with Crippen LogP contribution in [0.4, 0.5) is 0 Å². The molecule has 2 aromatic rings. The summed E-state index contributed by atoms with van der Waals surface area (Å²) in [4.78, 5) is 40.9. The molecule has 3 rings (SSSR count). The second-order valence-corrected chi connectivity index (χ2v) is 9.68.